The average molecular weight is 2080 g/mol. The third kappa shape index (κ3) is 50.4. The van der Waals surface area contributed by atoms with E-state index in [0.29, 0.717) is 6.54 Å². The van der Waals surface area contributed by atoms with Crippen LogP contribution >= 0.6 is 0 Å². The summed E-state index contributed by atoms with van der Waals surface area (Å²) < 4.78 is 14.1. The molecule has 2 fully saturated rings. The number of hydrogen-bond acceptors (Lipinski definition) is 30. The molecule has 57 heteroatoms. The molecule has 0 saturated carbocycles. The summed E-state index contributed by atoms with van der Waals surface area (Å²) in [4.78, 5) is 307. The number of aliphatic hydroxyl groups is 2. The van der Waals surface area contributed by atoms with Crippen molar-refractivity contribution in [2.24, 2.45) is 45.9 Å². The summed E-state index contributed by atoms with van der Waals surface area (Å²) in [5.41, 5.74) is 46.3. The van der Waals surface area contributed by atoms with Gasteiger partial charge in [-0.25, -0.2) is 4.39 Å². The lowest BCUT2D eigenvalue weighted by atomic mass is 10.0. The van der Waals surface area contributed by atoms with E-state index in [1.165, 1.54) is 12.1 Å². The van der Waals surface area contributed by atoms with Gasteiger partial charge in [0, 0.05) is 45.6 Å². The second kappa shape index (κ2) is 68.3. The molecule has 0 spiro atoms. The first kappa shape index (κ1) is 124. The van der Waals surface area contributed by atoms with Gasteiger partial charge in [-0.2, -0.15) is 0 Å². The summed E-state index contributed by atoms with van der Waals surface area (Å²) in [6.07, 6.45) is -7.11. The molecule has 4 rings (SSSR count). The molecule has 56 nitrogen and oxygen atoms in total. The zero-order valence-electron chi connectivity index (χ0n) is 82.1. The maximum atomic E-state index is 15.1. The molecule has 0 aliphatic carbocycles. The highest BCUT2D eigenvalue weighted by molar-refractivity contribution is 6.03. The fourth-order valence-corrected chi connectivity index (χ4v) is 14.8. The van der Waals surface area contributed by atoms with E-state index in [0.717, 1.165) is 24.6 Å². The van der Waals surface area contributed by atoms with Crippen LogP contribution < -0.4 is 163 Å². The molecule has 816 valence electrons. The minimum Gasteiger partial charge on any atom is -0.394 e. The van der Waals surface area contributed by atoms with Crippen molar-refractivity contribution >= 4 is 142 Å². The number of primary amides is 3. The molecule has 2 aromatic carbocycles. The number of nitrogens with two attached hydrogens (primary N) is 8. The second-order valence-corrected chi connectivity index (χ2v) is 35.0. The van der Waals surface area contributed by atoms with Gasteiger partial charge in [0.2, 0.25) is 130 Å². The van der Waals surface area contributed by atoms with Crippen LogP contribution in [0.4, 0.5) is 4.39 Å². The van der Waals surface area contributed by atoms with Gasteiger partial charge < -0.3 is 173 Å². The first-order valence-corrected chi connectivity index (χ1v) is 48.4. The summed E-state index contributed by atoms with van der Waals surface area (Å²) in [6, 6.07) is -10.7. The lowest BCUT2D eigenvalue weighted by molar-refractivity contribution is -0.137. The van der Waals surface area contributed by atoms with Crippen LogP contribution in [0.2, 0.25) is 0 Å². The third-order valence-corrected chi connectivity index (χ3v) is 22.8. The van der Waals surface area contributed by atoms with E-state index < -0.39 is 303 Å². The molecule has 2 saturated heterocycles. The largest absolute Gasteiger partial charge is 0.394 e. The average Bonchev–Trinajstić information content (AvgIpc) is 0.831. The number of carbonyl (C=O) groups excluding carboxylic acids is 22. The standard InChI is InChI=1S/C90H145FN32O24/c1-49(125)74(123-86(145)62(39-50-26-28-52(91)29-27-50)111-72(132)46-108-71(131)45-107-70(130)44-102-43-51-17-3-2-4-18-51)88(147)109-47-73(133)110-53-22-8-13-36-104-69(129)42-64(121-87(146)65(48-124)122-82(141)56(21-7-12-34-94)114-79(138)58(116-76(53)135)24-15-37-105-89(98)99)85(144)117-59(25-16-38-106-90(100)101)80(139)112-54(19-5-10-32-92)77(136)115-57-23-9-14-35-103-68(128)41-61(75(97)134)119-83(142)60(30-31-66(95)126)118-84(143)63(40-67(96)127)120-81(140)55(113-78(57)137)20-6-11-33-93/h2-4,17-18,26-29,49,53-65,74,102,124-125H,5-16,19-25,30-48,92-94H2,1H3,(H2,95,126)(H2,96,127)(H2,97,134)(H,103,128)(H,104,129)(H,107,130)(H,108,131)(H,109,147)(H,110,133)(H,111,132)(H,112,139)(H,113,137)(H,114,138)(H,115,136)(H,116,135)(H,117,144)(H,118,143)(H,119,142)(H,120,140)(H,121,146)(H,122,141)(H,123,145)(H4,98,99,105)(H4,100,101,106)/t49-,53+,54+,55+,56+,57+,58+,59+,60+,61+,62+,63+,64+,65+,74+/m1/s1. The number of rotatable bonds is 51. The van der Waals surface area contributed by atoms with Gasteiger partial charge in [0.1, 0.15) is 90.4 Å². The molecular formula is C90H145FN32O24. The maximum absolute atomic E-state index is 15.1. The van der Waals surface area contributed by atoms with Crippen LogP contribution in [0.15, 0.2) is 54.6 Å². The molecule has 2 aromatic rings. The van der Waals surface area contributed by atoms with Gasteiger partial charge in [0.25, 0.3) is 0 Å². The van der Waals surface area contributed by atoms with Crippen molar-refractivity contribution in [2.75, 3.05) is 78.6 Å². The number of benzene rings is 2. The van der Waals surface area contributed by atoms with Crippen LogP contribution in [0, 0.1) is 16.6 Å². The molecule has 42 N–H and O–H groups in total. The van der Waals surface area contributed by atoms with Crippen molar-refractivity contribution in [3.05, 3.63) is 71.5 Å². The first-order chi connectivity index (χ1) is 69.9. The van der Waals surface area contributed by atoms with Gasteiger partial charge in [-0.1, -0.05) is 42.5 Å². The van der Waals surface area contributed by atoms with E-state index >= 15 is 14.4 Å². The Morgan fingerprint density at radius 3 is 1.42 bits per heavy atom. The fraction of sp³-hybridized carbons (Fsp3) is 0.600. The second-order valence-electron chi connectivity index (χ2n) is 35.0. The molecule has 0 aromatic heterocycles. The molecule has 2 aliphatic heterocycles. The Hall–Kier alpha value is -15.0. The van der Waals surface area contributed by atoms with Crippen molar-refractivity contribution in [3.8, 4) is 0 Å². The van der Waals surface area contributed by atoms with Crippen molar-refractivity contribution < 1.29 is 120 Å². The molecule has 0 bridgehead atoms. The highest BCUT2D eigenvalue weighted by Crippen LogP contribution is 2.16. The van der Waals surface area contributed by atoms with E-state index in [2.05, 4.69) is 117 Å². The summed E-state index contributed by atoms with van der Waals surface area (Å²) in [5.74, 6) is -25.2. The number of unbranched alkanes of at least 4 members (excludes halogenated alkanes) is 3. The normalized spacial score (nSPS) is 20.4. The summed E-state index contributed by atoms with van der Waals surface area (Å²) in [5, 5.41) is 91.7. The number of nitrogens with one attached hydrogen (secondary N) is 24. The predicted octanol–water partition coefficient (Wildman–Crippen LogP) is -13.4. The lowest BCUT2D eigenvalue weighted by Gasteiger charge is -2.28. The SMILES string of the molecule is C[C@@H](O)[C@H](NC(=O)[C@H](Cc1ccc(F)cc1)NC(=O)CNC(=O)CNC(=O)CNCc1ccccc1)C(=O)NCC(=O)N[C@H]1CCCCNC(=O)C[C@@H](C(=O)N[C@@H](CCCNC(=N)N)C(=O)N[C@@H](CCCCN)C(=O)N[C@H]2CCCCNC(=O)C[C@@H](C(N)=O)NC(=O)[C@H](CCC(N)=O)NC(=O)[C@H](CC(N)=O)NC(=O)[C@H](CCCCN)NC2=O)NC(=O)[C@H](CO)NC(=O)[C@H](CCCCN)NC(=O)[C@H](CCCNC(=N)N)NC1=O. The molecule has 15 atom stereocenters. The van der Waals surface area contributed by atoms with E-state index in [9.17, 15) is 106 Å². The molecule has 0 radical (unpaired) electrons. The number of amides is 22. The van der Waals surface area contributed by atoms with Crippen molar-refractivity contribution in [3.63, 3.8) is 0 Å². The van der Waals surface area contributed by atoms with E-state index in [1.54, 1.807) is 0 Å². The van der Waals surface area contributed by atoms with Gasteiger partial charge in [-0.15, -0.1) is 0 Å². The number of hydrogen-bond donors (Lipinski definition) is 34. The van der Waals surface area contributed by atoms with Crippen LogP contribution in [0.3, 0.4) is 0 Å². The summed E-state index contributed by atoms with van der Waals surface area (Å²) >= 11 is 0. The predicted molar refractivity (Wildman–Crippen MR) is 524 cm³/mol. The van der Waals surface area contributed by atoms with Gasteiger partial charge in [0.05, 0.1) is 58.2 Å². The minimum atomic E-state index is -2.07. The summed E-state index contributed by atoms with van der Waals surface area (Å²) in [6.45, 7) is -2.70. The van der Waals surface area contributed by atoms with E-state index in [1.807, 2.05) is 30.3 Å². The van der Waals surface area contributed by atoms with E-state index in [-0.39, 0.29) is 180 Å². The fourth-order valence-electron chi connectivity index (χ4n) is 14.8. The molecule has 2 heterocycles. The third-order valence-electron chi connectivity index (χ3n) is 22.8. The van der Waals surface area contributed by atoms with Gasteiger partial charge >= 0.3 is 0 Å². The van der Waals surface area contributed by atoms with Crippen LogP contribution in [-0.4, -0.2) is 321 Å². The molecule has 22 amide bonds. The minimum absolute atomic E-state index is 0.0193. The highest BCUT2D eigenvalue weighted by atomic mass is 19.1. The number of halogens is 1. The first-order valence-electron chi connectivity index (χ1n) is 48.4. The van der Waals surface area contributed by atoms with Gasteiger partial charge in [-0.05, 0) is 178 Å². The Kier molecular flexibility index (Phi) is 57.8. The van der Waals surface area contributed by atoms with Crippen LogP contribution in [0.25, 0.3) is 0 Å². The van der Waals surface area contributed by atoms with Gasteiger partial charge in [0.15, 0.2) is 11.9 Å². The molecular weight excluding hydrogens is 1930 g/mol. The van der Waals surface area contributed by atoms with Crippen LogP contribution in [0.5, 0.6) is 0 Å². The van der Waals surface area contributed by atoms with E-state index in [4.69, 9.17) is 56.7 Å². The maximum Gasteiger partial charge on any atom is 0.245 e. The van der Waals surface area contributed by atoms with Crippen molar-refractivity contribution in [1.82, 2.24) is 117 Å². The highest BCUT2D eigenvalue weighted by Gasteiger charge is 2.40. The Morgan fingerprint density at radius 2 is 0.884 bits per heavy atom. The molecule has 2 aliphatic rings. The zero-order chi connectivity index (χ0) is 109. The van der Waals surface area contributed by atoms with Gasteiger partial charge in [-0.3, -0.25) is 116 Å². The zero-order valence-corrected chi connectivity index (χ0v) is 82.1. The van der Waals surface area contributed by atoms with Crippen LogP contribution in [0.1, 0.15) is 172 Å². The van der Waals surface area contributed by atoms with Crippen LogP contribution in [-0.2, 0) is 118 Å². The molecule has 0 unspecified atom stereocenters. The Labute approximate surface area is 846 Å². The van der Waals surface area contributed by atoms with Crippen molar-refractivity contribution in [2.45, 2.75) is 265 Å². The number of aliphatic hydroxyl groups excluding tert-OH is 2. The Morgan fingerprint density at radius 1 is 0.429 bits per heavy atom. The Bertz CT molecular complexity index is 4780. The molecule has 147 heavy (non-hydrogen) atoms. The monoisotopic (exact) mass is 2080 g/mol. The Balaban J connectivity index is 1.72. The lowest BCUT2D eigenvalue weighted by Crippen LogP contribution is -2.61. The van der Waals surface area contributed by atoms with Crippen molar-refractivity contribution in [1.29, 1.82) is 10.8 Å². The number of guanidine groups is 2. The summed E-state index contributed by atoms with van der Waals surface area (Å²) in [7, 11) is 0. The quantitative estimate of drug-likeness (QED) is 0.0166. The number of carbonyl (C=O) groups is 22. The topological polar surface area (TPSA) is 937 Å². The smallest absolute Gasteiger partial charge is 0.245 e.